The lowest BCUT2D eigenvalue weighted by Crippen LogP contribution is -2.28. The maximum absolute atomic E-state index is 12.4. The first kappa shape index (κ1) is 13.1. The summed E-state index contributed by atoms with van der Waals surface area (Å²) in [5, 5.41) is 8.94. The summed E-state index contributed by atoms with van der Waals surface area (Å²) in [6.07, 6.45) is 1.81. The molecule has 0 aromatic heterocycles. The molecule has 18 heavy (non-hydrogen) atoms. The van der Waals surface area contributed by atoms with Gasteiger partial charge in [0.2, 0.25) is 0 Å². The molecule has 3 heteroatoms. The summed E-state index contributed by atoms with van der Waals surface area (Å²) in [6.45, 7) is 5.85. The normalized spacial score (nSPS) is 19.3. The first-order valence-electron chi connectivity index (χ1n) is 6.58. The van der Waals surface area contributed by atoms with Crippen LogP contribution in [0.2, 0.25) is 0 Å². The third-order valence-corrected chi connectivity index (χ3v) is 3.58. The predicted octanol–water partition coefficient (Wildman–Crippen LogP) is 2.15. The van der Waals surface area contributed by atoms with E-state index in [1.165, 1.54) is 0 Å². The SMILES string of the molecule is Cc1cc(C)cc(C(=O)N2CCC(CCO)C2)c1. The Morgan fingerprint density at radius 2 is 2.00 bits per heavy atom. The fourth-order valence-corrected chi connectivity index (χ4v) is 2.72. The van der Waals surface area contributed by atoms with Gasteiger partial charge in [0.15, 0.2) is 0 Å². The first-order chi connectivity index (χ1) is 8.60. The fourth-order valence-electron chi connectivity index (χ4n) is 2.72. The monoisotopic (exact) mass is 247 g/mol. The number of carbonyl (C=O) groups is 1. The third kappa shape index (κ3) is 2.91. The van der Waals surface area contributed by atoms with E-state index in [2.05, 4.69) is 6.07 Å². The number of rotatable bonds is 3. The standard InChI is InChI=1S/C15H21NO2/c1-11-7-12(2)9-14(8-11)15(18)16-5-3-13(10-16)4-6-17/h7-9,13,17H,3-6,10H2,1-2H3. The Kier molecular flexibility index (Phi) is 4.02. The first-order valence-corrected chi connectivity index (χ1v) is 6.58. The van der Waals surface area contributed by atoms with Gasteiger partial charge in [-0.2, -0.15) is 0 Å². The number of amides is 1. The zero-order chi connectivity index (χ0) is 13.1. The fraction of sp³-hybridized carbons (Fsp3) is 0.533. The Balaban J connectivity index is 2.08. The van der Waals surface area contributed by atoms with Crippen LogP contribution in [-0.4, -0.2) is 35.6 Å². The van der Waals surface area contributed by atoms with Gasteiger partial charge in [-0.15, -0.1) is 0 Å². The summed E-state index contributed by atoms with van der Waals surface area (Å²) in [5.41, 5.74) is 3.05. The summed E-state index contributed by atoms with van der Waals surface area (Å²) < 4.78 is 0. The minimum Gasteiger partial charge on any atom is -0.396 e. The van der Waals surface area contributed by atoms with Gasteiger partial charge in [0.05, 0.1) is 0 Å². The third-order valence-electron chi connectivity index (χ3n) is 3.58. The van der Waals surface area contributed by atoms with Crippen LogP contribution in [0.25, 0.3) is 0 Å². The molecule has 0 bridgehead atoms. The van der Waals surface area contributed by atoms with Crippen molar-refractivity contribution in [3.8, 4) is 0 Å². The lowest BCUT2D eigenvalue weighted by Gasteiger charge is -2.17. The van der Waals surface area contributed by atoms with E-state index >= 15 is 0 Å². The second kappa shape index (κ2) is 5.53. The number of hydrogen-bond acceptors (Lipinski definition) is 2. The Hall–Kier alpha value is -1.35. The second-order valence-corrected chi connectivity index (χ2v) is 5.29. The molecule has 2 rings (SSSR count). The van der Waals surface area contributed by atoms with Crippen LogP contribution in [0, 0.1) is 19.8 Å². The lowest BCUT2D eigenvalue weighted by atomic mass is 10.1. The molecule has 1 saturated heterocycles. The minimum absolute atomic E-state index is 0.127. The summed E-state index contributed by atoms with van der Waals surface area (Å²) in [4.78, 5) is 14.3. The number of benzene rings is 1. The maximum Gasteiger partial charge on any atom is 0.253 e. The number of aliphatic hydroxyl groups is 1. The van der Waals surface area contributed by atoms with Crippen molar-refractivity contribution in [3.63, 3.8) is 0 Å². The molecular formula is C15H21NO2. The molecule has 0 aliphatic carbocycles. The number of likely N-dealkylation sites (tertiary alicyclic amines) is 1. The smallest absolute Gasteiger partial charge is 0.253 e. The van der Waals surface area contributed by atoms with E-state index in [1.54, 1.807) is 0 Å². The van der Waals surface area contributed by atoms with Gasteiger partial charge in [-0.3, -0.25) is 4.79 Å². The van der Waals surface area contributed by atoms with Gasteiger partial charge >= 0.3 is 0 Å². The molecule has 1 N–H and O–H groups in total. The van der Waals surface area contributed by atoms with E-state index in [0.717, 1.165) is 42.6 Å². The molecule has 1 unspecified atom stereocenters. The highest BCUT2D eigenvalue weighted by Gasteiger charge is 2.26. The molecule has 98 valence electrons. The van der Waals surface area contributed by atoms with Crippen LogP contribution in [0.3, 0.4) is 0 Å². The molecule has 0 saturated carbocycles. The molecule has 3 nitrogen and oxygen atoms in total. The topological polar surface area (TPSA) is 40.5 Å². The molecule has 1 aromatic rings. The van der Waals surface area contributed by atoms with Crippen molar-refractivity contribution in [3.05, 3.63) is 34.9 Å². The van der Waals surface area contributed by atoms with Gasteiger partial charge in [-0.25, -0.2) is 0 Å². The van der Waals surface area contributed by atoms with Crippen molar-refractivity contribution < 1.29 is 9.90 Å². The average Bonchev–Trinajstić information content (AvgIpc) is 2.76. The van der Waals surface area contributed by atoms with E-state index in [4.69, 9.17) is 5.11 Å². The highest BCUT2D eigenvalue weighted by Crippen LogP contribution is 2.21. The molecule has 1 aromatic carbocycles. The number of hydrogen-bond donors (Lipinski definition) is 1. The number of carbonyl (C=O) groups excluding carboxylic acids is 1. The van der Waals surface area contributed by atoms with Crippen LogP contribution in [0.5, 0.6) is 0 Å². The number of aliphatic hydroxyl groups excluding tert-OH is 1. The zero-order valence-electron chi connectivity index (χ0n) is 11.1. The van der Waals surface area contributed by atoms with E-state index in [0.29, 0.717) is 5.92 Å². The van der Waals surface area contributed by atoms with Gasteiger partial charge in [0, 0.05) is 25.3 Å². The van der Waals surface area contributed by atoms with Crippen LogP contribution in [0.4, 0.5) is 0 Å². The average molecular weight is 247 g/mol. The molecule has 1 aliphatic rings. The van der Waals surface area contributed by atoms with Crippen molar-refractivity contribution in [2.24, 2.45) is 5.92 Å². The quantitative estimate of drug-likeness (QED) is 0.889. The molecule has 1 aliphatic heterocycles. The van der Waals surface area contributed by atoms with Crippen molar-refractivity contribution in [2.75, 3.05) is 19.7 Å². The zero-order valence-corrected chi connectivity index (χ0v) is 11.1. The van der Waals surface area contributed by atoms with Crippen molar-refractivity contribution in [1.82, 2.24) is 4.90 Å². The van der Waals surface area contributed by atoms with Crippen LogP contribution in [0.15, 0.2) is 18.2 Å². The van der Waals surface area contributed by atoms with Crippen molar-refractivity contribution in [1.29, 1.82) is 0 Å². The Morgan fingerprint density at radius 3 is 2.61 bits per heavy atom. The van der Waals surface area contributed by atoms with Gasteiger partial charge in [0.25, 0.3) is 5.91 Å². The minimum atomic E-state index is 0.127. The van der Waals surface area contributed by atoms with E-state index in [9.17, 15) is 4.79 Å². The highest BCUT2D eigenvalue weighted by molar-refractivity contribution is 5.94. The van der Waals surface area contributed by atoms with Crippen LogP contribution in [-0.2, 0) is 0 Å². The van der Waals surface area contributed by atoms with E-state index in [1.807, 2.05) is 30.9 Å². The van der Waals surface area contributed by atoms with Gasteiger partial charge in [-0.05, 0) is 44.7 Å². The number of nitrogens with zero attached hydrogens (tertiary/aromatic N) is 1. The molecule has 0 spiro atoms. The van der Waals surface area contributed by atoms with Gasteiger partial charge < -0.3 is 10.0 Å². The Labute approximate surface area is 108 Å². The van der Waals surface area contributed by atoms with Crippen molar-refractivity contribution >= 4 is 5.91 Å². The van der Waals surface area contributed by atoms with Crippen LogP contribution < -0.4 is 0 Å². The van der Waals surface area contributed by atoms with E-state index in [-0.39, 0.29) is 12.5 Å². The summed E-state index contributed by atoms with van der Waals surface area (Å²) in [5.74, 6) is 0.590. The molecule has 1 fully saturated rings. The summed E-state index contributed by atoms with van der Waals surface area (Å²) in [7, 11) is 0. The molecule has 1 atom stereocenters. The van der Waals surface area contributed by atoms with Crippen LogP contribution >= 0.6 is 0 Å². The van der Waals surface area contributed by atoms with Gasteiger partial charge in [-0.1, -0.05) is 17.2 Å². The van der Waals surface area contributed by atoms with E-state index < -0.39 is 0 Å². The molecule has 0 radical (unpaired) electrons. The molecule has 1 heterocycles. The largest absolute Gasteiger partial charge is 0.396 e. The second-order valence-electron chi connectivity index (χ2n) is 5.29. The number of aryl methyl sites for hydroxylation is 2. The summed E-state index contributed by atoms with van der Waals surface area (Å²) in [6, 6.07) is 5.98. The lowest BCUT2D eigenvalue weighted by molar-refractivity contribution is 0.0784. The highest BCUT2D eigenvalue weighted by atomic mass is 16.3. The molecular weight excluding hydrogens is 226 g/mol. The van der Waals surface area contributed by atoms with Crippen LogP contribution in [0.1, 0.15) is 34.3 Å². The van der Waals surface area contributed by atoms with Gasteiger partial charge in [0.1, 0.15) is 0 Å². The molecule has 1 amide bonds. The Bertz CT molecular complexity index is 422. The summed E-state index contributed by atoms with van der Waals surface area (Å²) >= 11 is 0. The predicted molar refractivity (Wildman–Crippen MR) is 71.6 cm³/mol. The maximum atomic E-state index is 12.4. The Morgan fingerprint density at radius 1 is 1.33 bits per heavy atom. The van der Waals surface area contributed by atoms with Crippen molar-refractivity contribution in [2.45, 2.75) is 26.7 Å².